The van der Waals surface area contributed by atoms with Gasteiger partial charge in [-0.1, -0.05) is 36.4 Å². The van der Waals surface area contributed by atoms with E-state index in [-0.39, 0.29) is 0 Å². The molecular formula is C43H28N4S. The van der Waals surface area contributed by atoms with Crippen LogP contribution in [0.3, 0.4) is 0 Å². The zero-order valence-electron chi connectivity index (χ0n) is 26.0. The number of nitriles is 1. The molecule has 8 aromatic rings. The SMILES string of the molecule is N#Cc1ccc2c(c1)c1ccccc1n2-c1ccc2c(c1)-c1cc(-c3cc(-c4ccncc4)cc(-c4ccncc4)c3)ccc1CSC2. The maximum absolute atomic E-state index is 9.63. The highest BCUT2D eigenvalue weighted by Gasteiger charge is 2.19. The first kappa shape index (κ1) is 28.3. The smallest absolute Gasteiger partial charge is 0.0991 e. The Kier molecular flexibility index (Phi) is 6.88. The third-order valence-corrected chi connectivity index (χ3v) is 10.4. The molecule has 0 amide bonds. The summed E-state index contributed by atoms with van der Waals surface area (Å²) in [5, 5.41) is 11.9. The van der Waals surface area contributed by atoms with E-state index < -0.39 is 0 Å². The fourth-order valence-corrected chi connectivity index (χ4v) is 8.07. The minimum absolute atomic E-state index is 0.672. The third kappa shape index (κ3) is 4.86. The summed E-state index contributed by atoms with van der Waals surface area (Å²) < 4.78 is 2.34. The number of fused-ring (bicyclic) bond motifs is 6. The Bertz CT molecular complexity index is 2490. The molecule has 0 unspecified atom stereocenters. The standard InChI is InChI=1S/C43H28N4S/c44-25-28-5-10-43-41(19-28)38-3-1-2-4-42(38)47(43)37-9-8-33-27-48-26-32-7-6-31(23-39(32)40(33)24-37)36-21-34(29-11-15-45-16-12-29)20-35(22-36)30-13-17-46-18-14-30/h1-24H,26-27H2. The Balaban J connectivity index is 1.23. The van der Waals surface area contributed by atoms with Gasteiger partial charge in [0.05, 0.1) is 22.7 Å². The zero-order chi connectivity index (χ0) is 32.0. The van der Waals surface area contributed by atoms with Gasteiger partial charge in [0.2, 0.25) is 0 Å². The molecule has 0 radical (unpaired) electrons. The van der Waals surface area contributed by atoms with Crippen LogP contribution in [0.15, 0.2) is 146 Å². The number of hydrogen-bond donors (Lipinski definition) is 0. The van der Waals surface area contributed by atoms with Gasteiger partial charge in [0.15, 0.2) is 0 Å². The summed E-state index contributed by atoms with van der Waals surface area (Å²) >= 11 is 1.97. The van der Waals surface area contributed by atoms with Crippen LogP contribution >= 0.6 is 11.8 Å². The number of para-hydroxylation sites is 1. The molecule has 1 aliphatic heterocycles. The molecule has 1 aliphatic rings. The van der Waals surface area contributed by atoms with Crippen molar-refractivity contribution in [2.75, 3.05) is 0 Å². The van der Waals surface area contributed by atoms with Crippen LogP contribution in [0, 0.1) is 11.3 Å². The summed E-state index contributed by atoms with van der Waals surface area (Å²) in [6.07, 6.45) is 7.40. The van der Waals surface area contributed by atoms with Crippen molar-refractivity contribution in [1.82, 2.24) is 14.5 Å². The number of aromatic nitrogens is 3. The van der Waals surface area contributed by atoms with Gasteiger partial charge in [-0.25, -0.2) is 0 Å². The second kappa shape index (κ2) is 11.7. The van der Waals surface area contributed by atoms with Gasteiger partial charge in [-0.2, -0.15) is 17.0 Å². The predicted molar refractivity (Wildman–Crippen MR) is 198 cm³/mol. The van der Waals surface area contributed by atoms with Crippen LogP contribution in [0.1, 0.15) is 16.7 Å². The lowest BCUT2D eigenvalue weighted by Gasteiger charge is -2.16. The number of thioether (sulfide) groups is 1. The first-order valence-electron chi connectivity index (χ1n) is 16.0. The minimum atomic E-state index is 0.672. The van der Waals surface area contributed by atoms with Gasteiger partial charge in [0, 0.05) is 52.8 Å². The molecule has 0 N–H and O–H groups in total. The van der Waals surface area contributed by atoms with Gasteiger partial charge >= 0.3 is 0 Å². The highest BCUT2D eigenvalue weighted by Crippen LogP contribution is 2.42. The molecule has 4 heterocycles. The second-order valence-corrected chi connectivity index (χ2v) is 13.2. The van der Waals surface area contributed by atoms with Crippen LogP contribution in [-0.4, -0.2) is 14.5 Å². The third-order valence-electron chi connectivity index (χ3n) is 9.36. The van der Waals surface area contributed by atoms with E-state index in [4.69, 9.17) is 0 Å². The Morgan fingerprint density at radius 3 is 1.81 bits per heavy atom. The molecule has 4 nitrogen and oxygen atoms in total. The highest BCUT2D eigenvalue weighted by molar-refractivity contribution is 7.97. The number of rotatable bonds is 4. The second-order valence-electron chi connectivity index (χ2n) is 12.2. The Morgan fingerprint density at radius 2 is 1.12 bits per heavy atom. The van der Waals surface area contributed by atoms with E-state index in [9.17, 15) is 5.26 Å². The molecule has 3 aromatic heterocycles. The molecular weight excluding hydrogens is 605 g/mol. The predicted octanol–water partition coefficient (Wildman–Crippen LogP) is 10.9. The molecule has 0 fully saturated rings. The van der Waals surface area contributed by atoms with Gasteiger partial charge in [-0.15, -0.1) is 0 Å². The molecule has 0 saturated heterocycles. The normalized spacial score (nSPS) is 12.3. The maximum Gasteiger partial charge on any atom is 0.0991 e. The Morgan fingerprint density at radius 1 is 0.521 bits per heavy atom. The summed E-state index contributed by atoms with van der Waals surface area (Å²) in [6.45, 7) is 0. The van der Waals surface area contributed by atoms with Crippen molar-refractivity contribution in [2.24, 2.45) is 0 Å². The summed E-state index contributed by atoms with van der Waals surface area (Å²) in [5.74, 6) is 1.92. The average molecular weight is 633 g/mol. The van der Waals surface area contributed by atoms with Crippen molar-refractivity contribution in [3.8, 4) is 56.3 Å². The molecule has 5 aromatic carbocycles. The summed E-state index contributed by atoms with van der Waals surface area (Å²) in [6, 6.07) is 45.8. The van der Waals surface area contributed by atoms with Crippen LogP contribution in [-0.2, 0) is 11.5 Å². The topological polar surface area (TPSA) is 54.5 Å². The first-order chi connectivity index (χ1) is 23.7. The van der Waals surface area contributed by atoms with Crippen molar-refractivity contribution in [3.05, 3.63) is 163 Å². The molecule has 48 heavy (non-hydrogen) atoms. The quantitative estimate of drug-likeness (QED) is 0.194. The molecule has 0 spiro atoms. The van der Waals surface area contributed by atoms with E-state index in [0.717, 1.165) is 61.3 Å². The van der Waals surface area contributed by atoms with Gasteiger partial charge < -0.3 is 4.57 Å². The van der Waals surface area contributed by atoms with Gasteiger partial charge in [0.25, 0.3) is 0 Å². The lowest BCUT2D eigenvalue weighted by Crippen LogP contribution is -1.97. The number of nitrogens with zero attached hydrogens (tertiary/aromatic N) is 4. The van der Waals surface area contributed by atoms with E-state index >= 15 is 0 Å². The van der Waals surface area contributed by atoms with Gasteiger partial charge in [-0.3, -0.25) is 9.97 Å². The van der Waals surface area contributed by atoms with Crippen molar-refractivity contribution >= 4 is 33.6 Å². The van der Waals surface area contributed by atoms with Crippen LogP contribution in [0.25, 0.3) is 72.0 Å². The monoisotopic (exact) mass is 632 g/mol. The molecule has 9 rings (SSSR count). The van der Waals surface area contributed by atoms with E-state index in [1.807, 2.05) is 48.7 Å². The first-order valence-corrected chi connectivity index (χ1v) is 17.1. The van der Waals surface area contributed by atoms with Gasteiger partial charge in [-0.05, 0) is 141 Å². The van der Waals surface area contributed by atoms with E-state index in [1.165, 1.54) is 33.4 Å². The summed E-state index contributed by atoms with van der Waals surface area (Å²) in [5.41, 5.74) is 16.2. The van der Waals surface area contributed by atoms with Crippen LogP contribution in [0.4, 0.5) is 0 Å². The van der Waals surface area contributed by atoms with E-state index in [1.54, 1.807) is 0 Å². The summed E-state index contributed by atoms with van der Waals surface area (Å²) in [7, 11) is 0. The largest absolute Gasteiger partial charge is 0.309 e. The number of pyridine rings is 2. The molecule has 0 bridgehead atoms. The van der Waals surface area contributed by atoms with Gasteiger partial charge in [0.1, 0.15) is 0 Å². The number of hydrogen-bond acceptors (Lipinski definition) is 4. The fourth-order valence-electron chi connectivity index (χ4n) is 7.02. The summed E-state index contributed by atoms with van der Waals surface area (Å²) in [4.78, 5) is 8.50. The van der Waals surface area contributed by atoms with E-state index in [0.29, 0.717) is 5.56 Å². The molecule has 0 saturated carbocycles. The maximum atomic E-state index is 9.63. The van der Waals surface area contributed by atoms with Crippen molar-refractivity contribution in [2.45, 2.75) is 11.5 Å². The van der Waals surface area contributed by atoms with E-state index in [2.05, 4.69) is 130 Å². The van der Waals surface area contributed by atoms with Crippen molar-refractivity contribution in [3.63, 3.8) is 0 Å². The fraction of sp³-hybridized carbons (Fsp3) is 0.0465. The molecule has 0 atom stereocenters. The van der Waals surface area contributed by atoms with Crippen LogP contribution < -0.4 is 0 Å². The van der Waals surface area contributed by atoms with Crippen LogP contribution in [0.2, 0.25) is 0 Å². The van der Waals surface area contributed by atoms with Crippen molar-refractivity contribution in [1.29, 1.82) is 5.26 Å². The van der Waals surface area contributed by atoms with Crippen molar-refractivity contribution < 1.29 is 0 Å². The molecule has 226 valence electrons. The Labute approximate surface area is 283 Å². The van der Waals surface area contributed by atoms with Crippen LogP contribution in [0.5, 0.6) is 0 Å². The molecule has 0 aliphatic carbocycles. The molecule has 5 heteroatoms. The lowest BCUT2D eigenvalue weighted by molar-refractivity contribution is 1.17. The minimum Gasteiger partial charge on any atom is -0.309 e. The lowest BCUT2D eigenvalue weighted by atomic mass is 9.90. The number of benzene rings is 5. The highest BCUT2D eigenvalue weighted by atomic mass is 32.2. The Hall–Kier alpha value is -5.96. The zero-order valence-corrected chi connectivity index (χ0v) is 26.8. The average Bonchev–Trinajstić information content (AvgIpc) is 3.37.